The summed E-state index contributed by atoms with van der Waals surface area (Å²) in [5.74, 6) is 0.0307. The van der Waals surface area contributed by atoms with Crippen molar-refractivity contribution in [3.63, 3.8) is 0 Å². The monoisotopic (exact) mass is 195 g/mol. The molecule has 76 valence electrons. The Kier molecular flexibility index (Phi) is 2.07. The number of rotatable bonds is 0. The van der Waals surface area contributed by atoms with Crippen molar-refractivity contribution in [2.24, 2.45) is 0 Å². The van der Waals surface area contributed by atoms with Gasteiger partial charge in [0.15, 0.2) is 0 Å². The fourth-order valence-electron chi connectivity index (χ4n) is 1.98. The van der Waals surface area contributed by atoms with Gasteiger partial charge in [0, 0.05) is 23.7 Å². The topological polar surface area (TPSA) is 62.3 Å². The third kappa shape index (κ3) is 1.42. The summed E-state index contributed by atoms with van der Waals surface area (Å²) in [5.41, 5.74) is 1.24. The fraction of sp³-hybridized carbons (Fsp3) is 0.500. The van der Waals surface area contributed by atoms with Gasteiger partial charge in [0.1, 0.15) is 5.75 Å². The van der Waals surface area contributed by atoms with E-state index in [1.54, 1.807) is 0 Å². The van der Waals surface area contributed by atoms with Gasteiger partial charge in [-0.3, -0.25) is 4.79 Å². The van der Waals surface area contributed by atoms with Gasteiger partial charge >= 0.3 is 0 Å². The van der Waals surface area contributed by atoms with E-state index in [4.69, 9.17) is 4.74 Å². The van der Waals surface area contributed by atoms with Crippen molar-refractivity contribution >= 4 is 0 Å². The zero-order valence-corrected chi connectivity index (χ0v) is 8.20. The second kappa shape index (κ2) is 3.13. The van der Waals surface area contributed by atoms with Crippen LogP contribution in [-0.2, 0) is 11.2 Å². The van der Waals surface area contributed by atoms with E-state index in [0.29, 0.717) is 12.0 Å². The molecule has 2 rings (SSSR count). The van der Waals surface area contributed by atoms with Crippen LogP contribution in [0.5, 0.6) is 5.75 Å². The predicted octanol–water partition coefficient (Wildman–Crippen LogP) is 1.10. The van der Waals surface area contributed by atoms with Gasteiger partial charge in [0.05, 0.1) is 12.2 Å². The van der Waals surface area contributed by atoms with Crippen LogP contribution in [0.25, 0.3) is 0 Å². The molecule has 0 spiro atoms. The first kappa shape index (κ1) is 9.27. The summed E-state index contributed by atoms with van der Waals surface area (Å²) in [4.78, 5) is 13.9. The summed E-state index contributed by atoms with van der Waals surface area (Å²) in [6.45, 7) is 3.81. The van der Waals surface area contributed by atoms with Gasteiger partial charge in [-0.05, 0) is 13.8 Å². The maximum absolute atomic E-state index is 11.1. The Bertz CT molecular complexity index is 410. The van der Waals surface area contributed by atoms with E-state index in [1.807, 2.05) is 13.8 Å². The lowest BCUT2D eigenvalue weighted by molar-refractivity contribution is -0.00735. The van der Waals surface area contributed by atoms with Crippen molar-refractivity contribution in [3.05, 3.63) is 27.7 Å². The van der Waals surface area contributed by atoms with Crippen molar-refractivity contribution in [2.75, 3.05) is 0 Å². The molecule has 14 heavy (non-hydrogen) atoms. The second-order valence-electron chi connectivity index (χ2n) is 3.70. The number of aromatic amines is 1. The molecule has 1 aromatic rings. The lowest BCUT2D eigenvalue weighted by Crippen LogP contribution is -2.25. The lowest BCUT2D eigenvalue weighted by atomic mass is 10.00. The third-order valence-corrected chi connectivity index (χ3v) is 2.48. The molecule has 4 heteroatoms. The summed E-state index contributed by atoms with van der Waals surface area (Å²) in [6, 6.07) is 1.19. The molecule has 0 aliphatic carbocycles. The highest BCUT2D eigenvalue weighted by molar-refractivity contribution is 5.37. The molecule has 2 unspecified atom stereocenters. The van der Waals surface area contributed by atoms with E-state index >= 15 is 0 Å². The first-order chi connectivity index (χ1) is 6.58. The number of ether oxygens (including phenoxy) is 1. The number of hydrogen-bond acceptors (Lipinski definition) is 3. The van der Waals surface area contributed by atoms with Gasteiger partial charge < -0.3 is 14.8 Å². The van der Waals surface area contributed by atoms with E-state index in [2.05, 4.69) is 4.98 Å². The Hall–Kier alpha value is -1.29. The first-order valence-electron chi connectivity index (χ1n) is 4.68. The highest BCUT2D eigenvalue weighted by Crippen LogP contribution is 2.33. The Morgan fingerprint density at radius 1 is 1.57 bits per heavy atom. The molecule has 0 fully saturated rings. The Balaban J connectivity index is 2.59. The number of nitrogens with one attached hydrogen (secondary N) is 1. The number of H-pyrrole nitrogens is 1. The predicted molar refractivity (Wildman–Crippen MR) is 51.4 cm³/mol. The molecule has 0 radical (unpaired) electrons. The van der Waals surface area contributed by atoms with Gasteiger partial charge in [-0.15, -0.1) is 0 Å². The zero-order chi connectivity index (χ0) is 10.3. The molecule has 0 amide bonds. The van der Waals surface area contributed by atoms with Crippen LogP contribution < -0.4 is 5.56 Å². The lowest BCUT2D eigenvalue weighted by Gasteiger charge is -2.28. The minimum Gasteiger partial charge on any atom is -0.507 e. The first-order valence-corrected chi connectivity index (χ1v) is 4.68. The average molecular weight is 195 g/mol. The highest BCUT2D eigenvalue weighted by Gasteiger charge is 2.25. The molecular weight excluding hydrogens is 182 g/mol. The molecule has 2 atom stereocenters. The molecule has 0 saturated heterocycles. The standard InChI is InChI=1S/C10H13NO3/c1-5-3-7-10(6(2)14-5)8(12)4-9(13)11-7/h4-6H,3H2,1-2H3,(H2,11,12,13). The maximum Gasteiger partial charge on any atom is 0.251 e. The van der Waals surface area contributed by atoms with Crippen molar-refractivity contribution in [1.29, 1.82) is 0 Å². The zero-order valence-electron chi connectivity index (χ0n) is 8.20. The highest BCUT2D eigenvalue weighted by atomic mass is 16.5. The molecule has 4 nitrogen and oxygen atoms in total. The van der Waals surface area contributed by atoms with E-state index < -0.39 is 0 Å². The molecule has 1 aliphatic heterocycles. The minimum absolute atomic E-state index is 0.0307. The van der Waals surface area contributed by atoms with E-state index in [1.165, 1.54) is 6.07 Å². The summed E-state index contributed by atoms with van der Waals surface area (Å²) < 4.78 is 5.55. The van der Waals surface area contributed by atoms with Gasteiger partial charge in [0.2, 0.25) is 0 Å². The Morgan fingerprint density at radius 3 is 3.00 bits per heavy atom. The van der Waals surface area contributed by atoms with Gasteiger partial charge in [0.25, 0.3) is 5.56 Å². The summed E-state index contributed by atoms with van der Waals surface area (Å²) in [7, 11) is 0. The Morgan fingerprint density at radius 2 is 2.29 bits per heavy atom. The van der Waals surface area contributed by atoms with Crippen LogP contribution in [0, 0.1) is 0 Å². The van der Waals surface area contributed by atoms with Crippen LogP contribution in [0.1, 0.15) is 31.2 Å². The van der Waals surface area contributed by atoms with Crippen LogP contribution in [-0.4, -0.2) is 16.2 Å². The molecule has 1 aromatic heterocycles. The van der Waals surface area contributed by atoms with Crippen LogP contribution in [0.15, 0.2) is 10.9 Å². The molecule has 1 aliphatic rings. The Labute approximate surface area is 81.5 Å². The summed E-state index contributed by atoms with van der Waals surface area (Å²) >= 11 is 0. The fourth-order valence-corrected chi connectivity index (χ4v) is 1.98. The summed E-state index contributed by atoms with van der Waals surface area (Å²) in [6.07, 6.45) is 0.559. The molecular formula is C10H13NO3. The SMILES string of the molecule is CC1Cc2[nH]c(=O)cc(O)c2C(C)O1. The molecule has 0 aromatic carbocycles. The van der Waals surface area contributed by atoms with Gasteiger partial charge in [-0.2, -0.15) is 0 Å². The van der Waals surface area contributed by atoms with Crippen molar-refractivity contribution in [2.45, 2.75) is 32.5 Å². The number of aromatic nitrogens is 1. The van der Waals surface area contributed by atoms with Crippen LogP contribution >= 0.6 is 0 Å². The van der Waals surface area contributed by atoms with Crippen molar-refractivity contribution < 1.29 is 9.84 Å². The quantitative estimate of drug-likeness (QED) is 0.651. The number of aromatic hydroxyl groups is 1. The molecule has 2 N–H and O–H groups in total. The number of fused-ring (bicyclic) bond motifs is 1. The van der Waals surface area contributed by atoms with Crippen LogP contribution in [0.2, 0.25) is 0 Å². The minimum atomic E-state index is -0.262. The van der Waals surface area contributed by atoms with Crippen molar-refractivity contribution in [3.8, 4) is 5.75 Å². The number of pyridine rings is 1. The molecule has 0 saturated carbocycles. The smallest absolute Gasteiger partial charge is 0.251 e. The normalized spacial score (nSPS) is 25.9. The van der Waals surface area contributed by atoms with Gasteiger partial charge in [-0.25, -0.2) is 0 Å². The summed E-state index contributed by atoms with van der Waals surface area (Å²) in [5, 5.41) is 9.59. The van der Waals surface area contributed by atoms with Gasteiger partial charge in [-0.1, -0.05) is 0 Å². The largest absolute Gasteiger partial charge is 0.507 e. The van der Waals surface area contributed by atoms with E-state index in [0.717, 1.165) is 5.69 Å². The molecule has 0 bridgehead atoms. The maximum atomic E-state index is 11.1. The number of hydrogen-bond donors (Lipinski definition) is 2. The van der Waals surface area contributed by atoms with E-state index in [-0.39, 0.29) is 23.5 Å². The van der Waals surface area contributed by atoms with Crippen LogP contribution in [0.4, 0.5) is 0 Å². The average Bonchev–Trinajstić information content (AvgIpc) is 1.99. The second-order valence-corrected chi connectivity index (χ2v) is 3.70. The third-order valence-electron chi connectivity index (χ3n) is 2.48. The molecule has 2 heterocycles. The van der Waals surface area contributed by atoms with Crippen molar-refractivity contribution in [1.82, 2.24) is 4.98 Å². The van der Waals surface area contributed by atoms with Crippen LogP contribution in [0.3, 0.4) is 0 Å². The van der Waals surface area contributed by atoms with E-state index in [9.17, 15) is 9.90 Å².